The number of hydrogen-bond acceptors (Lipinski definition) is 4. The third-order valence-electron chi connectivity index (χ3n) is 3.30. The van der Waals surface area contributed by atoms with Crippen molar-refractivity contribution in [2.24, 2.45) is 0 Å². The van der Waals surface area contributed by atoms with Crippen molar-refractivity contribution in [3.8, 4) is 17.2 Å². The number of methoxy groups -OCH3 is 1. The molecule has 0 spiro atoms. The summed E-state index contributed by atoms with van der Waals surface area (Å²) >= 11 is 3.56. The molecule has 1 N–H and O–H groups in total. The highest BCUT2D eigenvalue weighted by Crippen LogP contribution is 2.37. The number of benzene rings is 2. The molecule has 5 heteroatoms. The number of ether oxygens (including phenoxy) is 3. The van der Waals surface area contributed by atoms with E-state index < -0.39 is 0 Å². The van der Waals surface area contributed by atoms with Crippen LogP contribution in [0.3, 0.4) is 0 Å². The Morgan fingerprint density at radius 1 is 1.17 bits per heavy atom. The maximum absolute atomic E-state index is 5.70. The highest BCUT2D eigenvalue weighted by Gasteiger charge is 2.12. The van der Waals surface area contributed by atoms with E-state index in [-0.39, 0.29) is 0 Å². The zero-order chi connectivity index (χ0) is 17.4. The Hall–Kier alpha value is -2.14. The second-order valence-corrected chi connectivity index (χ2v) is 5.87. The molecule has 0 radical (unpaired) electrons. The molecule has 0 fully saturated rings. The van der Waals surface area contributed by atoms with Crippen LogP contribution in [0.4, 0.5) is 5.69 Å². The minimum absolute atomic E-state index is 0.433. The van der Waals surface area contributed by atoms with Crippen molar-refractivity contribution < 1.29 is 14.2 Å². The van der Waals surface area contributed by atoms with Gasteiger partial charge in [-0.25, -0.2) is 0 Å². The Morgan fingerprint density at radius 2 is 1.92 bits per heavy atom. The maximum atomic E-state index is 5.70. The van der Waals surface area contributed by atoms with Crippen molar-refractivity contribution in [2.45, 2.75) is 13.5 Å². The van der Waals surface area contributed by atoms with E-state index in [2.05, 4.69) is 27.8 Å². The number of rotatable bonds is 9. The first kappa shape index (κ1) is 18.2. The average Bonchev–Trinajstić information content (AvgIpc) is 2.60. The summed E-state index contributed by atoms with van der Waals surface area (Å²) in [6, 6.07) is 11.8. The van der Waals surface area contributed by atoms with Crippen LogP contribution in [0.5, 0.6) is 17.2 Å². The topological polar surface area (TPSA) is 39.7 Å². The summed E-state index contributed by atoms with van der Waals surface area (Å²) in [5.74, 6) is 2.26. The summed E-state index contributed by atoms with van der Waals surface area (Å²) in [5.41, 5.74) is 2.11. The van der Waals surface area contributed by atoms with Crippen molar-refractivity contribution in [2.75, 3.05) is 25.6 Å². The number of nitrogens with one attached hydrogen (secondary N) is 1. The summed E-state index contributed by atoms with van der Waals surface area (Å²) in [7, 11) is 1.66. The first-order valence-electron chi connectivity index (χ1n) is 7.74. The zero-order valence-corrected chi connectivity index (χ0v) is 15.6. The molecule has 2 aromatic carbocycles. The van der Waals surface area contributed by atoms with Crippen molar-refractivity contribution in [1.29, 1.82) is 0 Å². The molecular weight excluding hydrogens is 370 g/mol. The van der Waals surface area contributed by atoms with E-state index in [4.69, 9.17) is 14.2 Å². The molecule has 0 saturated carbocycles. The molecule has 24 heavy (non-hydrogen) atoms. The Labute approximate surface area is 151 Å². The zero-order valence-electron chi connectivity index (χ0n) is 14.0. The number of hydrogen-bond donors (Lipinski definition) is 1. The SMILES string of the molecule is C=CCOc1c(Br)cc(CNc2ccc(OC)cc2)cc1OCC. The lowest BCUT2D eigenvalue weighted by atomic mass is 10.2. The van der Waals surface area contributed by atoms with Gasteiger partial charge in [0.1, 0.15) is 12.4 Å². The molecule has 0 unspecified atom stereocenters. The first-order valence-corrected chi connectivity index (χ1v) is 8.54. The Kier molecular flexibility index (Phi) is 7.00. The molecule has 2 aromatic rings. The second-order valence-electron chi connectivity index (χ2n) is 5.02. The lowest BCUT2D eigenvalue weighted by Gasteiger charge is -2.15. The predicted molar refractivity (Wildman–Crippen MR) is 101 cm³/mol. The van der Waals surface area contributed by atoms with E-state index >= 15 is 0 Å². The van der Waals surface area contributed by atoms with Gasteiger partial charge in [-0.15, -0.1) is 0 Å². The third-order valence-corrected chi connectivity index (χ3v) is 3.89. The van der Waals surface area contributed by atoms with Gasteiger partial charge in [0.25, 0.3) is 0 Å². The summed E-state index contributed by atoms with van der Waals surface area (Å²) < 4.78 is 17.4. The molecule has 0 amide bonds. The summed E-state index contributed by atoms with van der Waals surface area (Å²) in [6.07, 6.45) is 1.71. The van der Waals surface area contributed by atoms with Crippen LogP contribution < -0.4 is 19.5 Å². The Balaban J connectivity index is 2.12. The fourth-order valence-corrected chi connectivity index (χ4v) is 2.79. The van der Waals surface area contributed by atoms with Crippen LogP contribution in [0.1, 0.15) is 12.5 Å². The lowest BCUT2D eigenvalue weighted by molar-refractivity contribution is 0.295. The highest BCUT2D eigenvalue weighted by atomic mass is 79.9. The van der Waals surface area contributed by atoms with E-state index in [1.165, 1.54) is 0 Å². The fourth-order valence-electron chi connectivity index (χ4n) is 2.18. The maximum Gasteiger partial charge on any atom is 0.175 e. The Morgan fingerprint density at radius 3 is 2.54 bits per heavy atom. The van der Waals surface area contributed by atoms with Gasteiger partial charge in [0.15, 0.2) is 11.5 Å². The molecule has 0 aliphatic heterocycles. The molecule has 0 saturated heterocycles. The van der Waals surface area contributed by atoms with E-state index in [0.29, 0.717) is 25.5 Å². The van der Waals surface area contributed by atoms with Crippen molar-refractivity contribution in [1.82, 2.24) is 0 Å². The largest absolute Gasteiger partial charge is 0.497 e. The summed E-state index contributed by atoms with van der Waals surface area (Å²) in [6.45, 7) is 7.31. The minimum Gasteiger partial charge on any atom is -0.497 e. The van der Waals surface area contributed by atoms with Gasteiger partial charge in [-0.3, -0.25) is 0 Å². The molecule has 0 bridgehead atoms. The van der Waals surface area contributed by atoms with Crippen LogP contribution in [-0.2, 0) is 6.54 Å². The standard InChI is InChI=1S/C19H22BrNO3/c1-4-10-24-19-17(20)11-14(12-18(19)23-5-2)13-21-15-6-8-16(22-3)9-7-15/h4,6-9,11-12,21H,1,5,10,13H2,2-3H3. The Bertz CT molecular complexity index is 671. The fraction of sp³-hybridized carbons (Fsp3) is 0.263. The van der Waals surface area contributed by atoms with E-state index in [9.17, 15) is 0 Å². The van der Waals surface area contributed by atoms with Crippen LogP contribution >= 0.6 is 15.9 Å². The smallest absolute Gasteiger partial charge is 0.175 e. The van der Waals surface area contributed by atoms with Crippen molar-refractivity contribution >= 4 is 21.6 Å². The third kappa shape index (κ3) is 4.93. The molecular formula is C19H22BrNO3. The predicted octanol–water partition coefficient (Wildman–Crippen LogP) is 5.03. The van der Waals surface area contributed by atoms with Crippen LogP contribution in [-0.4, -0.2) is 20.3 Å². The highest BCUT2D eigenvalue weighted by molar-refractivity contribution is 9.10. The number of halogens is 1. The molecule has 128 valence electrons. The van der Waals surface area contributed by atoms with Crippen LogP contribution in [0.25, 0.3) is 0 Å². The van der Waals surface area contributed by atoms with Gasteiger partial charge in [0.05, 0.1) is 18.2 Å². The quantitative estimate of drug-likeness (QED) is 0.608. The van der Waals surface area contributed by atoms with E-state index in [1.54, 1.807) is 13.2 Å². The van der Waals surface area contributed by atoms with Crippen LogP contribution in [0.2, 0.25) is 0 Å². The van der Waals surface area contributed by atoms with E-state index in [0.717, 1.165) is 27.2 Å². The molecule has 0 aromatic heterocycles. The first-order chi connectivity index (χ1) is 11.7. The van der Waals surface area contributed by atoms with Gasteiger partial charge in [-0.2, -0.15) is 0 Å². The molecule has 4 nitrogen and oxygen atoms in total. The van der Waals surface area contributed by atoms with Crippen LogP contribution in [0.15, 0.2) is 53.5 Å². The van der Waals surface area contributed by atoms with Gasteiger partial charge in [-0.1, -0.05) is 12.7 Å². The lowest BCUT2D eigenvalue weighted by Crippen LogP contribution is -2.03. The molecule has 2 rings (SSSR count). The molecule has 0 aliphatic rings. The summed E-state index contributed by atoms with van der Waals surface area (Å²) in [4.78, 5) is 0. The minimum atomic E-state index is 0.433. The van der Waals surface area contributed by atoms with Crippen LogP contribution in [0, 0.1) is 0 Å². The average molecular weight is 392 g/mol. The second kappa shape index (κ2) is 9.23. The van der Waals surface area contributed by atoms with E-state index in [1.807, 2.05) is 43.3 Å². The monoisotopic (exact) mass is 391 g/mol. The molecule has 0 atom stereocenters. The molecule has 0 aliphatic carbocycles. The number of anilines is 1. The van der Waals surface area contributed by atoms with Gasteiger partial charge in [0, 0.05) is 12.2 Å². The van der Waals surface area contributed by atoms with Gasteiger partial charge >= 0.3 is 0 Å². The molecule has 0 heterocycles. The van der Waals surface area contributed by atoms with Gasteiger partial charge < -0.3 is 19.5 Å². The van der Waals surface area contributed by atoms with Crippen molar-refractivity contribution in [3.63, 3.8) is 0 Å². The van der Waals surface area contributed by atoms with Crippen molar-refractivity contribution in [3.05, 3.63) is 59.1 Å². The van der Waals surface area contributed by atoms with Gasteiger partial charge in [-0.05, 0) is 64.8 Å². The normalized spacial score (nSPS) is 10.1. The summed E-state index contributed by atoms with van der Waals surface area (Å²) in [5, 5.41) is 3.38. The van der Waals surface area contributed by atoms with Gasteiger partial charge in [0.2, 0.25) is 0 Å².